The van der Waals surface area contributed by atoms with Crippen LogP contribution in [0.15, 0.2) is 53.4 Å². The third-order valence-corrected chi connectivity index (χ3v) is 4.61. The maximum absolute atomic E-state index is 12.4. The molecule has 4 heteroatoms. The number of aryl methyl sites for hydroxylation is 1. The van der Waals surface area contributed by atoms with E-state index in [1.165, 1.54) is 0 Å². The van der Waals surface area contributed by atoms with Crippen LogP contribution in [0.3, 0.4) is 0 Å². The summed E-state index contributed by atoms with van der Waals surface area (Å²) in [5.74, 6) is -0.534. The largest absolute Gasteiger partial charge is 0.481 e. The monoisotopic (exact) mass is 288 g/mol. The zero-order valence-electron chi connectivity index (χ0n) is 11.2. The maximum Gasteiger partial charge on any atom is 0.307 e. The van der Waals surface area contributed by atoms with E-state index in [9.17, 15) is 9.00 Å². The summed E-state index contributed by atoms with van der Waals surface area (Å²) >= 11 is 0. The lowest BCUT2D eigenvalue weighted by Gasteiger charge is -2.09. The molecule has 0 aliphatic heterocycles. The molecule has 20 heavy (non-hydrogen) atoms. The van der Waals surface area contributed by atoms with Crippen LogP contribution in [0.1, 0.15) is 16.7 Å². The van der Waals surface area contributed by atoms with Crippen molar-refractivity contribution in [2.75, 3.05) is 0 Å². The van der Waals surface area contributed by atoms with Gasteiger partial charge >= 0.3 is 5.97 Å². The summed E-state index contributed by atoms with van der Waals surface area (Å²) in [6, 6.07) is 14.8. The Morgan fingerprint density at radius 1 is 1.05 bits per heavy atom. The SMILES string of the molecule is Cc1ccccc1S(=O)Cc1ccccc1CC(=O)O. The second kappa shape index (κ2) is 6.48. The predicted molar refractivity (Wildman–Crippen MR) is 79.1 cm³/mol. The highest BCUT2D eigenvalue weighted by molar-refractivity contribution is 7.84. The first kappa shape index (κ1) is 14.5. The summed E-state index contributed by atoms with van der Waals surface area (Å²) in [6.07, 6.45) is -0.0405. The molecule has 0 spiro atoms. The number of hydrogen-bond donors (Lipinski definition) is 1. The van der Waals surface area contributed by atoms with Crippen molar-refractivity contribution >= 4 is 16.8 Å². The fraction of sp³-hybridized carbons (Fsp3) is 0.188. The summed E-state index contributed by atoms with van der Waals surface area (Å²) in [4.78, 5) is 11.7. The normalized spacial score (nSPS) is 12.1. The van der Waals surface area contributed by atoms with E-state index in [1.54, 1.807) is 12.1 Å². The van der Waals surface area contributed by atoms with Gasteiger partial charge in [0.15, 0.2) is 0 Å². The lowest BCUT2D eigenvalue weighted by Crippen LogP contribution is -2.06. The van der Waals surface area contributed by atoms with Gasteiger partial charge in [0.2, 0.25) is 0 Å². The molecule has 0 bridgehead atoms. The van der Waals surface area contributed by atoms with Gasteiger partial charge in [-0.3, -0.25) is 9.00 Å². The van der Waals surface area contributed by atoms with Gasteiger partial charge in [-0.2, -0.15) is 0 Å². The summed E-state index contributed by atoms with van der Waals surface area (Å²) in [5, 5.41) is 8.91. The molecule has 3 nitrogen and oxygen atoms in total. The molecular weight excluding hydrogens is 272 g/mol. The Balaban J connectivity index is 2.24. The second-order valence-electron chi connectivity index (χ2n) is 4.59. The van der Waals surface area contributed by atoms with Gasteiger partial charge in [-0.05, 0) is 29.7 Å². The standard InChI is InChI=1S/C16H16O3S/c1-12-6-2-5-9-15(12)20(19)11-14-8-4-3-7-13(14)10-16(17)18/h2-9H,10-11H2,1H3,(H,17,18). The molecule has 0 radical (unpaired) electrons. The average molecular weight is 288 g/mol. The van der Waals surface area contributed by atoms with Gasteiger partial charge in [-0.25, -0.2) is 0 Å². The van der Waals surface area contributed by atoms with Crippen LogP contribution >= 0.6 is 0 Å². The van der Waals surface area contributed by atoms with E-state index < -0.39 is 16.8 Å². The first-order chi connectivity index (χ1) is 9.58. The minimum absolute atomic E-state index is 0.0405. The molecule has 0 aliphatic rings. The number of carboxylic acids is 1. The third-order valence-electron chi connectivity index (χ3n) is 3.09. The number of aliphatic carboxylic acids is 1. The van der Waals surface area contributed by atoms with Crippen LogP contribution in [0.25, 0.3) is 0 Å². The van der Waals surface area contributed by atoms with Crippen LogP contribution < -0.4 is 0 Å². The number of carboxylic acid groups (broad SMARTS) is 1. The number of hydrogen-bond acceptors (Lipinski definition) is 2. The highest BCUT2D eigenvalue weighted by Gasteiger charge is 2.12. The number of benzene rings is 2. The minimum atomic E-state index is -1.16. The molecule has 1 unspecified atom stereocenters. The van der Waals surface area contributed by atoms with E-state index >= 15 is 0 Å². The Morgan fingerprint density at radius 3 is 2.30 bits per heavy atom. The van der Waals surface area contributed by atoms with Crippen LogP contribution in [0.4, 0.5) is 0 Å². The average Bonchev–Trinajstić information content (AvgIpc) is 2.41. The summed E-state index contributed by atoms with van der Waals surface area (Å²) in [5.41, 5.74) is 2.54. The Labute approximate surface area is 120 Å². The summed E-state index contributed by atoms with van der Waals surface area (Å²) < 4.78 is 12.4. The van der Waals surface area contributed by atoms with E-state index in [4.69, 9.17) is 5.11 Å². The maximum atomic E-state index is 12.4. The molecule has 1 N–H and O–H groups in total. The Bertz CT molecular complexity index is 650. The lowest BCUT2D eigenvalue weighted by molar-refractivity contribution is -0.136. The highest BCUT2D eigenvalue weighted by Crippen LogP contribution is 2.19. The first-order valence-electron chi connectivity index (χ1n) is 6.30. The van der Waals surface area contributed by atoms with E-state index in [2.05, 4.69) is 0 Å². The van der Waals surface area contributed by atoms with Crippen molar-refractivity contribution in [2.45, 2.75) is 24.0 Å². The van der Waals surface area contributed by atoms with Crippen LogP contribution in [0.2, 0.25) is 0 Å². The number of rotatable bonds is 5. The van der Waals surface area contributed by atoms with Gasteiger partial charge in [0.1, 0.15) is 0 Å². The van der Waals surface area contributed by atoms with Crippen molar-refractivity contribution in [1.82, 2.24) is 0 Å². The van der Waals surface area contributed by atoms with Gasteiger partial charge < -0.3 is 5.11 Å². The van der Waals surface area contributed by atoms with Gasteiger partial charge in [0.25, 0.3) is 0 Å². The van der Waals surface area contributed by atoms with E-state index in [1.807, 2.05) is 43.3 Å². The zero-order chi connectivity index (χ0) is 14.5. The number of carbonyl (C=O) groups is 1. The van der Waals surface area contributed by atoms with E-state index in [-0.39, 0.29) is 6.42 Å². The van der Waals surface area contributed by atoms with Gasteiger partial charge in [0.05, 0.1) is 23.0 Å². The van der Waals surface area contributed by atoms with E-state index in [0.717, 1.165) is 21.6 Å². The van der Waals surface area contributed by atoms with Gasteiger partial charge in [-0.15, -0.1) is 0 Å². The molecule has 2 aromatic rings. The Hall–Kier alpha value is -1.94. The zero-order valence-corrected chi connectivity index (χ0v) is 12.0. The first-order valence-corrected chi connectivity index (χ1v) is 7.62. The molecule has 0 heterocycles. The fourth-order valence-corrected chi connectivity index (χ4v) is 3.44. The minimum Gasteiger partial charge on any atom is -0.481 e. The topological polar surface area (TPSA) is 54.4 Å². The van der Waals surface area contributed by atoms with Crippen LogP contribution in [-0.2, 0) is 27.8 Å². The molecule has 0 saturated carbocycles. The van der Waals surface area contributed by atoms with Crippen LogP contribution in [0, 0.1) is 6.92 Å². The third kappa shape index (κ3) is 3.54. The molecule has 1 atom stereocenters. The van der Waals surface area contributed by atoms with Crippen molar-refractivity contribution in [3.8, 4) is 0 Å². The quantitative estimate of drug-likeness (QED) is 0.920. The van der Waals surface area contributed by atoms with Gasteiger partial charge in [0, 0.05) is 4.90 Å². The summed E-state index contributed by atoms with van der Waals surface area (Å²) in [6.45, 7) is 1.93. The molecule has 0 fully saturated rings. The van der Waals surface area contributed by atoms with Crippen molar-refractivity contribution < 1.29 is 14.1 Å². The fourth-order valence-electron chi connectivity index (χ4n) is 2.06. The molecule has 2 aromatic carbocycles. The van der Waals surface area contributed by atoms with Crippen molar-refractivity contribution in [1.29, 1.82) is 0 Å². The molecular formula is C16H16O3S. The van der Waals surface area contributed by atoms with Crippen molar-refractivity contribution in [3.63, 3.8) is 0 Å². The van der Waals surface area contributed by atoms with Crippen molar-refractivity contribution in [3.05, 3.63) is 65.2 Å². The Kier molecular flexibility index (Phi) is 4.69. The highest BCUT2D eigenvalue weighted by atomic mass is 32.2. The van der Waals surface area contributed by atoms with Gasteiger partial charge in [-0.1, -0.05) is 42.5 Å². The van der Waals surface area contributed by atoms with E-state index in [0.29, 0.717) is 5.75 Å². The Morgan fingerprint density at radius 2 is 1.65 bits per heavy atom. The predicted octanol–water partition coefficient (Wildman–Crippen LogP) is 2.93. The van der Waals surface area contributed by atoms with Crippen molar-refractivity contribution in [2.24, 2.45) is 0 Å². The lowest BCUT2D eigenvalue weighted by atomic mass is 10.1. The molecule has 2 rings (SSSR count). The summed E-state index contributed by atoms with van der Waals surface area (Å²) in [7, 11) is -1.16. The van der Waals surface area contributed by atoms with Crippen LogP contribution in [0.5, 0.6) is 0 Å². The molecule has 104 valence electrons. The smallest absolute Gasteiger partial charge is 0.307 e. The molecule has 0 aromatic heterocycles. The van der Waals surface area contributed by atoms with Crippen LogP contribution in [-0.4, -0.2) is 15.3 Å². The molecule has 0 aliphatic carbocycles. The molecule has 0 saturated heterocycles. The second-order valence-corrected chi connectivity index (χ2v) is 6.01. The molecule has 0 amide bonds.